The minimum Gasteiger partial charge on any atom is -0.340 e. The summed E-state index contributed by atoms with van der Waals surface area (Å²) in [5.41, 5.74) is 3.78. The topological polar surface area (TPSA) is 90.5 Å². The molecule has 0 spiro atoms. The molecule has 1 aliphatic rings. The molecule has 6 heteroatoms. The molecule has 0 radical (unpaired) electrons. The third-order valence-electron chi connectivity index (χ3n) is 4.69. The van der Waals surface area contributed by atoms with E-state index >= 15 is 0 Å². The normalized spacial score (nSPS) is 16.5. The standard InChI is InChI=1S/C22H23N3O3/c26-21(24-20(22(27)25-28)15-19-7-4-14-23-19)18-12-10-17(11-13-18)9-8-16-5-2-1-3-6-16/h1-3,5-6,10-13,19-20,23,28H,4,7,14-15H2,(H,24,26)(H,25,27)/t19-,20-/m0/s1. The van der Waals surface area contributed by atoms with Crippen LogP contribution in [0.1, 0.15) is 40.7 Å². The van der Waals surface area contributed by atoms with Crippen LogP contribution in [-0.2, 0) is 4.79 Å². The van der Waals surface area contributed by atoms with E-state index in [1.807, 2.05) is 30.3 Å². The van der Waals surface area contributed by atoms with E-state index in [-0.39, 0.29) is 11.9 Å². The van der Waals surface area contributed by atoms with Crippen LogP contribution < -0.4 is 16.1 Å². The molecule has 0 saturated carbocycles. The first-order valence-electron chi connectivity index (χ1n) is 9.31. The second-order valence-electron chi connectivity index (χ2n) is 6.72. The SMILES string of the molecule is O=C(N[C@@H](C[C@@H]1CCCN1)C(=O)NO)c1ccc(C#Cc2ccccc2)cc1. The summed E-state index contributed by atoms with van der Waals surface area (Å²) in [5, 5.41) is 15.0. The highest BCUT2D eigenvalue weighted by molar-refractivity contribution is 5.97. The average Bonchev–Trinajstić information content (AvgIpc) is 3.25. The summed E-state index contributed by atoms with van der Waals surface area (Å²) in [6.45, 7) is 0.900. The van der Waals surface area contributed by atoms with Crippen molar-refractivity contribution >= 4 is 11.8 Å². The maximum Gasteiger partial charge on any atom is 0.265 e. The molecule has 0 bridgehead atoms. The molecule has 144 valence electrons. The highest BCUT2D eigenvalue weighted by Crippen LogP contribution is 2.12. The van der Waals surface area contributed by atoms with Gasteiger partial charge in [-0.25, -0.2) is 5.48 Å². The van der Waals surface area contributed by atoms with Crippen LogP contribution in [0, 0.1) is 11.8 Å². The Labute approximate surface area is 164 Å². The summed E-state index contributed by atoms with van der Waals surface area (Å²) in [4.78, 5) is 24.4. The van der Waals surface area contributed by atoms with Gasteiger partial charge in [-0.15, -0.1) is 0 Å². The molecule has 0 aromatic heterocycles. The largest absolute Gasteiger partial charge is 0.340 e. The van der Waals surface area contributed by atoms with Gasteiger partial charge in [0.2, 0.25) is 0 Å². The van der Waals surface area contributed by atoms with Crippen molar-refractivity contribution in [3.8, 4) is 11.8 Å². The van der Waals surface area contributed by atoms with Crippen LogP contribution in [0.2, 0.25) is 0 Å². The number of hydrogen-bond acceptors (Lipinski definition) is 4. The van der Waals surface area contributed by atoms with E-state index in [1.165, 1.54) is 0 Å². The number of hydrogen-bond donors (Lipinski definition) is 4. The third kappa shape index (κ3) is 5.43. The molecule has 3 rings (SSSR count). The lowest BCUT2D eigenvalue weighted by atomic mass is 10.0. The first-order valence-corrected chi connectivity index (χ1v) is 9.31. The van der Waals surface area contributed by atoms with E-state index in [4.69, 9.17) is 5.21 Å². The fourth-order valence-corrected chi connectivity index (χ4v) is 3.16. The van der Waals surface area contributed by atoms with E-state index in [2.05, 4.69) is 22.5 Å². The van der Waals surface area contributed by atoms with Crippen LogP contribution in [0.4, 0.5) is 0 Å². The van der Waals surface area contributed by atoms with Gasteiger partial charge < -0.3 is 10.6 Å². The maximum absolute atomic E-state index is 12.5. The molecule has 28 heavy (non-hydrogen) atoms. The Morgan fingerprint density at radius 3 is 2.36 bits per heavy atom. The van der Waals surface area contributed by atoms with Gasteiger partial charge in [0, 0.05) is 22.7 Å². The molecule has 1 heterocycles. The zero-order valence-electron chi connectivity index (χ0n) is 15.4. The molecule has 2 amide bonds. The number of carbonyl (C=O) groups is 2. The molecule has 0 unspecified atom stereocenters. The van der Waals surface area contributed by atoms with E-state index in [0.717, 1.165) is 30.5 Å². The van der Waals surface area contributed by atoms with Crippen molar-refractivity contribution in [2.24, 2.45) is 0 Å². The van der Waals surface area contributed by atoms with Gasteiger partial charge in [0.05, 0.1) is 0 Å². The minimum absolute atomic E-state index is 0.151. The second-order valence-corrected chi connectivity index (χ2v) is 6.72. The lowest BCUT2D eigenvalue weighted by Crippen LogP contribution is -2.48. The van der Waals surface area contributed by atoms with Crippen LogP contribution in [0.3, 0.4) is 0 Å². The molecule has 1 saturated heterocycles. The van der Waals surface area contributed by atoms with E-state index in [1.54, 1.807) is 29.7 Å². The molecule has 0 aliphatic carbocycles. The Kier molecular flexibility index (Phi) is 6.79. The fraction of sp³-hybridized carbons (Fsp3) is 0.273. The highest BCUT2D eigenvalue weighted by atomic mass is 16.5. The van der Waals surface area contributed by atoms with Crippen LogP contribution in [0.15, 0.2) is 54.6 Å². The van der Waals surface area contributed by atoms with Gasteiger partial charge in [-0.1, -0.05) is 30.0 Å². The molecule has 2 atom stereocenters. The monoisotopic (exact) mass is 377 g/mol. The number of hydroxylamine groups is 1. The van der Waals surface area contributed by atoms with E-state index in [9.17, 15) is 9.59 Å². The quantitative estimate of drug-likeness (QED) is 0.364. The minimum atomic E-state index is -0.800. The van der Waals surface area contributed by atoms with Crippen LogP contribution in [0.25, 0.3) is 0 Å². The molecular formula is C22H23N3O3. The average molecular weight is 377 g/mol. The summed E-state index contributed by atoms with van der Waals surface area (Å²) < 4.78 is 0. The van der Waals surface area contributed by atoms with Crippen molar-refractivity contribution in [1.29, 1.82) is 0 Å². The van der Waals surface area contributed by atoms with Gasteiger partial charge in [-0.05, 0) is 62.2 Å². The predicted octanol–water partition coefficient (Wildman–Crippen LogP) is 1.83. The summed E-state index contributed by atoms with van der Waals surface area (Å²) in [5.74, 6) is 5.14. The maximum atomic E-state index is 12.5. The number of carbonyl (C=O) groups excluding carboxylic acids is 2. The fourth-order valence-electron chi connectivity index (χ4n) is 3.16. The predicted molar refractivity (Wildman–Crippen MR) is 106 cm³/mol. The molecule has 4 N–H and O–H groups in total. The molecule has 2 aromatic carbocycles. The number of rotatable bonds is 5. The zero-order valence-corrected chi connectivity index (χ0v) is 15.4. The second kappa shape index (κ2) is 9.70. The third-order valence-corrected chi connectivity index (χ3v) is 4.69. The number of benzene rings is 2. The van der Waals surface area contributed by atoms with Gasteiger partial charge in [0.1, 0.15) is 6.04 Å². The van der Waals surface area contributed by atoms with Crippen LogP contribution in [0.5, 0.6) is 0 Å². The molecule has 6 nitrogen and oxygen atoms in total. The van der Waals surface area contributed by atoms with Gasteiger partial charge in [-0.3, -0.25) is 14.8 Å². The van der Waals surface area contributed by atoms with Gasteiger partial charge in [0.25, 0.3) is 11.8 Å². The Bertz CT molecular complexity index is 863. The van der Waals surface area contributed by atoms with Gasteiger partial charge >= 0.3 is 0 Å². The first kappa shape index (κ1) is 19.6. The van der Waals surface area contributed by atoms with Crippen molar-refractivity contribution in [3.63, 3.8) is 0 Å². The van der Waals surface area contributed by atoms with Crippen molar-refractivity contribution in [2.45, 2.75) is 31.3 Å². The zero-order chi connectivity index (χ0) is 19.8. The number of nitrogens with one attached hydrogen (secondary N) is 3. The van der Waals surface area contributed by atoms with E-state index in [0.29, 0.717) is 12.0 Å². The van der Waals surface area contributed by atoms with E-state index < -0.39 is 11.9 Å². The van der Waals surface area contributed by atoms with Crippen molar-refractivity contribution in [3.05, 3.63) is 71.3 Å². The summed E-state index contributed by atoms with van der Waals surface area (Å²) in [6.07, 6.45) is 2.41. The lowest BCUT2D eigenvalue weighted by molar-refractivity contribution is -0.131. The summed E-state index contributed by atoms with van der Waals surface area (Å²) >= 11 is 0. The van der Waals surface area contributed by atoms with Crippen LogP contribution in [-0.4, -0.2) is 35.7 Å². The van der Waals surface area contributed by atoms with Crippen LogP contribution >= 0.6 is 0 Å². The smallest absolute Gasteiger partial charge is 0.265 e. The summed E-state index contributed by atoms with van der Waals surface area (Å²) in [6, 6.07) is 15.9. The molecular weight excluding hydrogens is 354 g/mol. The van der Waals surface area contributed by atoms with Gasteiger partial charge in [0.15, 0.2) is 0 Å². The lowest BCUT2D eigenvalue weighted by Gasteiger charge is -2.20. The van der Waals surface area contributed by atoms with Crippen molar-refractivity contribution < 1.29 is 14.8 Å². The Hall–Kier alpha value is -3.14. The Morgan fingerprint density at radius 1 is 1.07 bits per heavy atom. The van der Waals surface area contributed by atoms with Crippen molar-refractivity contribution in [1.82, 2.24) is 16.1 Å². The first-order chi connectivity index (χ1) is 13.7. The summed E-state index contributed by atoms with van der Waals surface area (Å²) in [7, 11) is 0. The Morgan fingerprint density at radius 2 is 1.75 bits per heavy atom. The van der Waals surface area contributed by atoms with Crippen molar-refractivity contribution in [2.75, 3.05) is 6.54 Å². The number of amides is 2. The molecule has 1 fully saturated rings. The van der Waals surface area contributed by atoms with Gasteiger partial charge in [-0.2, -0.15) is 0 Å². The Balaban J connectivity index is 1.64. The molecule has 1 aliphatic heterocycles. The highest BCUT2D eigenvalue weighted by Gasteiger charge is 2.26. The molecule has 2 aromatic rings.